The van der Waals surface area contributed by atoms with Crippen molar-refractivity contribution < 1.29 is 14.6 Å². The lowest BCUT2D eigenvalue weighted by Crippen LogP contribution is -2.14. The van der Waals surface area contributed by atoms with Gasteiger partial charge in [0.05, 0.1) is 13.0 Å². The van der Waals surface area contributed by atoms with Gasteiger partial charge in [0, 0.05) is 6.04 Å². The summed E-state index contributed by atoms with van der Waals surface area (Å²) in [6.07, 6.45) is -0.0615. The Morgan fingerprint density at radius 1 is 1.47 bits per heavy atom. The maximum Gasteiger partial charge on any atom is 0.305 e. The van der Waals surface area contributed by atoms with Gasteiger partial charge in [-0.2, -0.15) is 0 Å². The lowest BCUT2D eigenvalue weighted by molar-refractivity contribution is -0.137. The van der Waals surface area contributed by atoms with Gasteiger partial charge in [-0.05, 0) is 24.6 Å². The predicted molar refractivity (Wildman–Crippen MR) is 56.8 cm³/mol. The van der Waals surface area contributed by atoms with Gasteiger partial charge in [0.1, 0.15) is 5.75 Å². The molecule has 0 saturated carbocycles. The molecule has 0 saturated heterocycles. The highest BCUT2D eigenvalue weighted by Gasteiger charge is 2.10. The topological polar surface area (TPSA) is 72.5 Å². The molecule has 0 aliphatic rings. The molecule has 1 unspecified atom stereocenters. The fourth-order valence-electron chi connectivity index (χ4n) is 1.28. The van der Waals surface area contributed by atoms with Crippen molar-refractivity contribution >= 4 is 5.97 Å². The van der Waals surface area contributed by atoms with Gasteiger partial charge in [0.15, 0.2) is 0 Å². The van der Waals surface area contributed by atoms with E-state index in [-0.39, 0.29) is 6.42 Å². The Morgan fingerprint density at radius 2 is 2.07 bits per heavy atom. The van der Waals surface area contributed by atoms with Crippen LogP contribution >= 0.6 is 0 Å². The van der Waals surface area contributed by atoms with Crippen LogP contribution in [0, 0.1) is 0 Å². The molecule has 4 heteroatoms. The van der Waals surface area contributed by atoms with Crippen LogP contribution in [0.2, 0.25) is 0 Å². The summed E-state index contributed by atoms with van der Waals surface area (Å²) < 4.78 is 5.26. The van der Waals surface area contributed by atoms with Gasteiger partial charge in [-0.1, -0.05) is 12.1 Å². The number of benzene rings is 1. The molecule has 15 heavy (non-hydrogen) atoms. The van der Waals surface area contributed by atoms with Crippen LogP contribution in [0.15, 0.2) is 24.3 Å². The van der Waals surface area contributed by atoms with Crippen molar-refractivity contribution in [2.45, 2.75) is 19.4 Å². The fourth-order valence-corrected chi connectivity index (χ4v) is 1.28. The second-order valence-electron chi connectivity index (χ2n) is 3.21. The summed E-state index contributed by atoms with van der Waals surface area (Å²) in [5, 5.41) is 8.58. The molecule has 1 aromatic carbocycles. The largest absolute Gasteiger partial charge is 0.494 e. The van der Waals surface area contributed by atoms with Crippen LogP contribution in [-0.4, -0.2) is 17.7 Å². The molecule has 0 aliphatic carbocycles. The maximum atomic E-state index is 10.4. The van der Waals surface area contributed by atoms with Crippen LogP contribution in [0.25, 0.3) is 0 Å². The number of rotatable bonds is 5. The number of carboxylic acid groups (broad SMARTS) is 1. The molecule has 1 aromatic rings. The average molecular weight is 209 g/mol. The monoisotopic (exact) mass is 209 g/mol. The number of hydrogen-bond acceptors (Lipinski definition) is 3. The molecule has 82 valence electrons. The summed E-state index contributed by atoms with van der Waals surface area (Å²) in [6.45, 7) is 2.52. The van der Waals surface area contributed by atoms with Crippen LogP contribution in [-0.2, 0) is 4.79 Å². The second-order valence-corrected chi connectivity index (χ2v) is 3.21. The molecule has 4 nitrogen and oxygen atoms in total. The van der Waals surface area contributed by atoms with E-state index >= 15 is 0 Å². The Morgan fingerprint density at radius 3 is 2.53 bits per heavy atom. The van der Waals surface area contributed by atoms with Crippen molar-refractivity contribution in [3.8, 4) is 5.75 Å². The van der Waals surface area contributed by atoms with Gasteiger partial charge in [-0.15, -0.1) is 0 Å². The molecule has 0 amide bonds. The molecular formula is C11H15NO3. The fraction of sp³-hybridized carbons (Fsp3) is 0.364. The van der Waals surface area contributed by atoms with E-state index in [4.69, 9.17) is 15.6 Å². The van der Waals surface area contributed by atoms with Gasteiger partial charge in [0.2, 0.25) is 0 Å². The van der Waals surface area contributed by atoms with Gasteiger partial charge >= 0.3 is 5.97 Å². The first kappa shape index (κ1) is 11.5. The molecule has 1 rings (SSSR count). The minimum absolute atomic E-state index is 0.0615. The quantitative estimate of drug-likeness (QED) is 0.771. The Hall–Kier alpha value is -1.55. The number of hydrogen-bond donors (Lipinski definition) is 2. The van der Waals surface area contributed by atoms with E-state index in [9.17, 15) is 4.79 Å². The third-order valence-electron chi connectivity index (χ3n) is 2.01. The van der Waals surface area contributed by atoms with Crippen molar-refractivity contribution in [2.75, 3.05) is 6.61 Å². The summed E-state index contributed by atoms with van der Waals surface area (Å²) in [6, 6.07) is 6.70. The molecule has 0 fully saturated rings. The minimum atomic E-state index is -0.892. The molecule has 0 aromatic heterocycles. The van der Waals surface area contributed by atoms with E-state index in [0.717, 1.165) is 11.3 Å². The first-order valence-corrected chi connectivity index (χ1v) is 4.83. The van der Waals surface area contributed by atoms with Crippen LogP contribution in [0.3, 0.4) is 0 Å². The van der Waals surface area contributed by atoms with Crippen LogP contribution in [0.1, 0.15) is 24.9 Å². The third kappa shape index (κ3) is 3.59. The predicted octanol–water partition coefficient (Wildman–Crippen LogP) is 1.56. The number of ether oxygens (including phenoxy) is 1. The van der Waals surface area contributed by atoms with Crippen molar-refractivity contribution in [1.29, 1.82) is 0 Å². The maximum absolute atomic E-state index is 10.4. The third-order valence-corrected chi connectivity index (χ3v) is 2.01. The zero-order chi connectivity index (χ0) is 11.3. The molecule has 3 N–H and O–H groups in total. The molecule has 0 radical (unpaired) electrons. The van der Waals surface area contributed by atoms with Crippen LogP contribution < -0.4 is 10.5 Å². The molecule has 0 bridgehead atoms. The molecule has 0 heterocycles. The van der Waals surface area contributed by atoms with E-state index < -0.39 is 12.0 Å². The van der Waals surface area contributed by atoms with Gasteiger partial charge in [-0.25, -0.2) is 0 Å². The van der Waals surface area contributed by atoms with E-state index in [1.54, 1.807) is 24.3 Å². The molecule has 0 spiro atoms. The SMILES string of the molecule is CCOc1ccc(C(N)CC(=O)O)cc1. The zero-order valence-electron chi connectivity index (χ0n) is 8.64. The van der Waals surface area contributed by atoms with E-state index in [1.165, 1.54) is 0 Å². The van der Waals surface area contributed by atoms with Crippen molar-refractivity contribution in [3.05, 3.63) is 29.8 Å². The minimum Gasteiger partial charge on any atom is -0.494 e. The first-order chi connectivity index (χ1) is 7.13. The Balaban J connectivity index is 2.66. The van der Waals surface area contributed by atoms with Crippen molar-refractivity contribution in [1.82, 2.24) is 0 Å². The Kier molecular flexibility index (Phi) is 4.12. The zero-order valence-corrected chi connectivity index (χ0v) is 8.64. The Bertz CT molecular complexity index is 321. The van der Waals surface area contributed by atoms with Gasteiger partial charge < -0.3 is 15.6 Å². The number of nitrogens with two attached hydrogens (primary N) is 1. The van der Waals surface area contributed by atoms with Crippen molar-refractivity contribution in [2.24, 2.45) is 5.73 Å². The highest BCUT2D eigenvalue weighted by atomic mass is 16.5. The summed E-state index contributed by atoms with van der Waals surface area (Å²) in [5.41, 5.74) is 6.50. The summed E-state index contributed by atoms with van der Waals surface area (Å²) >= 11 is 0. The summed E-state index contributed by atoms with van der Waals surface area (Å²) in [5.74, 6) is -0.125. The highest BCUT2D eigenvalue weighted by Crippen LogP contribution is 2.18. The summed E-state index contributed by atoms with van der Waals surface area (Å²) in [7, 11) is 0. The van der Waals surface area contributed by atoms with E-state index in [2.05, 4.69) is 0 Å². The van der Waals surface area contributed by atoms with E-state index in [0.29, 0.717) is 6.61 Å². The molecular weight excluding hydrogens is 194 g/mol. The number of carboxylic acids is 1. The standard InChI is InChI=1S/C11H15NO3/c1-2-15-9-5-3-8(4-6-9)10(12)7-11(13)14/h3-6,10H,2,7,12H2,1H3,(H,13,14). The molecule has 0 aliphatic heterocycles. The normalized spacial score (nSPS) is 12.1. The van der Waals surface area contributed by atoms with Gasteiger partial charge in [-0.3, -0.25) is 4.79 Å². The Labute approximate surface area is 88.7 Å². The van der Waals surface area contributed by atoms with Crippen molar-refractivity contribution in [3.63, 3.8) is 0 Å². The number of carbonyl (C=O) groups is 1. The summed E-state index contributed by atoms with van der Waals surface area (Å²) in [4.78, 5) is 10.4. The van der Waals surface area contributed by atoms with Crippen LogP contribution in [0.5, 0.6) is 5.75 Å². The van der Waals surface area contributed by atoms with Crippen LogP contribution in [0.4, 0.5) is 0 Å². The number of aliphatic carboxylic acids is 1. The lowest BCUT2D eigenvalue weighted by Gasteiger charge is -2.10. The molecule has 1 atom stereocenters. The second kappa shape index (κ2) is 5.36. The highest BCUT2D eigenvalue weighted by molar-refractivity contribution is 5.67. The average Bonchev–Trinajstić information content (AvgIpc) is 2.18. The van der Waals surface area contributed by atoms with E-state index in [1.807, 2.05) is 6.92 Å². The van der Waals surface area contributed by atoms with Gasteiger partial charge in [0.25, 0.3) is 0 Å². The lowest BCUT2D eigenvalue weighted by atomic mass is 10.1. The first-order valence-electron chi connectivity index (χ1n) is 4.83. The smallest absolute Gasteiger partial charge is 0.305 e.